The van der Waals surface area contributed by atoms with E-state index in [0.29, 0.717) is 24.2 Å². The van der Waals surface area contributed by atoms with Gasteiger partial charge in [0.1, 0.15) is 6.04 Å². The highest BCUT2D eigenvalue weighted by Crippen LogP contribution is 2.65. The quantitative estimate of drug-likeness (QED) is 0.204. The van der Waals surface area contributed by atoms with Crippen molar-refractivity contribution >= 4 is 31.3 Å². The van der Waals surface area contributed by atoms with Crippen LogP contribution in [0.15, 0.2) is 0 Å². The first kappa shape index (κ1) is 32.4. The standard InChI is InChI=1S/C28H52BN3O4.ClH/c1-7-8-9-10-11-12-13-14-25(33)31-21(18-30)26(34)32-24(15-19(2)3)29-35-23-17-20-16-22(27(20,4)5)28(23,6)36-29;/h19-24H,7-18,30H2,1-6H3,(H,31,33)(H,32,34);1H/t20-,21-,22-,23+,24-,28-;/m0./s1. The van der Waals surface area contributed by atoms with Crippen LogP contribution >= 0.6 is 12.4 Å². The molecule has 0 unspecified atom stereocenters. The monoisotopic (exact) mass is 541 g/mol. The minimum absolute atomic E-state index is 0. The summed E-state index contributed by atoms with van der Waals surface area (Å²) >= 11 is 0. The number of rotatable bonds is 15. The van der Waals surface area contributed by atoms with Crippen molar-refractivity contribution in [2.75, 3.05) is 6.54 Å². The molecule has 37 heavy (non-hydrogen) atoms. The summed E-state index contributed by atoms with van der Waals surface area (Å²) in [6, 6.07) is -0.747. The van der Waals surface area contributed by atoms with Gasteiger partial charge in [-0.1, -0.05) is 73.1 Å². The van der Waals surface area contributed by atoms with Gasteiger partial charge in [-0.25, -0.2) is 0 Å². The molecule has 9 heteroatoms. The Kier molecular flexibility index (Phi) is 12.3. The molecule has 0 spiro atoms. The first-order valence-electron chi connectivity index (χ1n) is 14.7. The molecule has 0 radical (unpaired) electrons. The van der Waals surface area contributed by atoms with E-state index in [-0.39, 0.29) is 53.8 Å². The smallest absolute Gasteiger partial charge is 0.404 e. The van der Waals surface area contributed by atoms with E-state index in [9.17, 15) is 9.59 Å². The van der Waals surface area contributed by atoms with Crippen LogP contribution in [-0.2, 0) is 18.9 Å². The number of amides is 2. The van der Waals surface area contributed by atoms with Crippen LogP contribution in [0.2, 0.25) is 0 Å². The molecule has 0 aromatic heterocycles. The molecule has 6 atom stereocenters. The van der Waals surface area contributed by atoms with Crippen LogP contribution in [0, 0.1) is 23.2 Å². The number of nitrogens with two attached hydrogens (primary N) is 1. The van der Waals surface area contributed by atoms with Crippen LogP contribution in [0.1, 0.15) is 112 Å². The van der Waals surface area contributed by atoms with E-state index in [2.05, 4.69) is 52.2 Å². The lowest BCUT2D eigenvalue weighted by atomic mass is 9.43. The van der Waals surface area contributed by atoms with Gasteiger partial charge in [0.2, 0.25) is 11.8 Å². The van der Waals surface area contributed by atoms with Crippen LogP contribution in [0.4, 0.5) is 0 Å². The number of hydrogen-bond acceptors (Lipinski definition) is 5. The van der Waals surface area contributed by atoms with E-state index < -0.39 is 13.2 Å². The van der Waals surface area contributed by atoms with Gasteiger partial charge in [-0.15, -0.1) is 12.4 Å². The summed E-state index contributed by atoms with van der Waals surface area (Å²) in [5, 5.41) is 5.99. The van der Waals surface area contributed by atoms with E-state index in [0.717, 1.165) is 32.1 Å². The number of hydrogen-bond donors (Lipinski definition) is 3. The minimum atomic E-state index is -0.747. The average molecular weight is 542 g/mol. The zero-order valence-electron chi connectivity index (χ0n) is 24.1. The summed E-state index contributed by atoms with van der Waals surface area (Å²) in [6.45, 7) is 13.4. The number of carbonyl (C=O) groups is 2. The van der Waals surface area contributed by atoms with Gasteiger partial charge in [-0.2, -0.15) is 0 Å². The van der Waals surface area contributed by atoms with Gasteiger partial charge >= 0.3 is 7.12 Å². The minimum Gasteiger partial charge on any atom is -0.404 e. The second-order valence-electron chi connectivity index (χ2n) is 12.8. The Morgan fingerprint density at radius 3 is 2.27 bits per heavy atom. The predicted octanol–water partition coefficient (Wildman–Crippen LogP) is 4.79. The Morgan fingerprint density at radius 2 is 1.68 bits per heavy atom. The predicted molar refractivity (Wildman–Crippen MR) is 152 cm³/mol. The molecule has 7 nitrogen and oxygen atoms in total. The Hall–Kier alpha value is -0.825. The largest absolute Gasteiger partial charge is 0.481 e. The first-order valence-corrected chi connectivity index (χ1v) is 14.7. The fourth-order valence-electron chi connectivity index (χ4n) is 6.84. The van der Waals surface area contributed by atoms with Crippen molar-refractivity contribution in [1.82, 2.24) is 10.6 Å². The molecule has 0 aromatic carbocycles. The molecular weight excluding hydrogens is 489 g/mol. The lowest BCUT2D eigenvalue weighted by molar-refractivity contribution is -0.199. The molecule has 4 rings (SSSR count). The van der Waals surface area contributed by atoms with Gasteiger partial charge in [-0.3, -0.25) is 9.59 Å². The highest BCUT2D eigenvalue weighted by atomic mass is 35.5. The van der Waals surface area contributed by atoms with E-state index >= 15 is 0 Å². The molecule has 4 aliphatic rings. The van der Waals surface area contributed by atoms with Crippen LogP contribution in [0.25, 0.3) is 0 Å². The maximum Gasteiger partial charge on any atom is 0.481 e. The molecule has 1 aliphatic heterocycles. The number of unbranched alkanes of at least 4 members (excludes halogenated alkanes) is 6. The van der Waals surface area contributed by atoms with Gasteiger partial charge in [0, 0.05) is 13.0 Å². The SMILES string of the molecule is CCCCCCCCCC(=O)N[C@@H](CN)C(=O)N[C@@H](CC(C)C)B1O[C@@H]2C[C@@H]3C[C@@H](C3(C)C)[C@]2(C)O1.Cl. The van der Waals surface area contributed by atoms with Crippen molar-refractivity contribution < 1.29 is 18.9 Å². The summed E-state index contributed by atoms with van der Waals surface area (Å²) in [5.41, 5.74) is 5.86. The van der Waals surface area contributed by atoms with E-state index in [1.807, 2.05) is 0 Å². The summed E-state index contributed by atoms with van der Waals surface area (Å²) in [4.78, 5) is 25.7. The lowest BCUT2D eigenvalue weighted by Crippen LogP contribution is -2.65. The Balaban J connectivity index is 0.00000481. The van der Waals surface area contributed by atoms with E-state index in [4.69, 9.17) is 15.0 Å². The van der Waals surface area contributed by atoms with E-state index in [1.54, 1.807) is 0 Å². The maximum atomic E-state index is 13.2. The summed E-state index contributed by atoms with van der Waals surface area (Å²) in [5.74, 6) is 0.850. The van der Waals surface area contributed by atoms with Gasteiger partial charge in [0.15, 0.2) is 0 Å². The number of nitrogens with one attached hydrogen (secondary N) is 2. The first-order chi connectivity index (χ1) is 17.0. The Bertz CT molecular complexity index is 755. The third kappa shape index (κ3) is 7.64. The molecule has 3 aliphatic carbocycles. The van der Waals surface area contributed by atoms with Crippen molar-refractivity contribution in [2.45, 2.75) is 136 Å². The van der Waals surface area contributed by atoms with E-state index in [1.165, 1.54) is 32.1 Å². The number of carbonyl (C=O) groups excluding carboxylic acids is 2. The fraction of sp³-hybridized carbons (Fsp3) is 0.929. The van der Waals surface area contributed by atoms with Gasteiger partial charge < -0.3 is 25.7 Å². The highest BCUT2D eigenvalue weighted by Gasteiger charge is 2.68. The molecular formula is C28H53BClN3O4. The second kappa shape index (κ2) is 14.0. The normalized spacial score (nSPS) is 29.1. The molecule has 4 N–H and O–H groups in total. The van der Waals surface area contributed by atoms with Crippen LogP contribution in [0.5, 0.6) is 0 Å². The summed E-state index contributed by atoms with van der Waals surface area (Å²) in [7, 11) is -0.483. The Morgan fingerprint density at radius 1 is 1.03 bits per heavy atom. The van der Waals surface area contributed by atoms with Crippen LogP contribution < -0.4 is 16.4 Å². The average Bonchev–Trinajstić information content (AvgIpc) is 3.18. The number of halogens is 1. The van der Waals surface area contributed by atoms with Crippen LogP contribution in [-0.4, -0.2) is 49.2 Å². The summed E-state index contributed by atoms with van der Waals surface area (Å²) in [6.07, 6.45) is 11.5. The molecule has 2 amide bonds. The molecule has 2 bridgehead atoms. The Labute approximate surface area is 232 Å². The van der Waals surface area contributed by atoms with Crippen molar-refractivity contribution in [1.29, 1.82) is 0 Å². The van der Waals surface area contributed by atoms with Gasteiger partial charge in [0.05, 0.1) is 17.6 Å². The molecule has 4 fully saturated rings. The molecule has 1 saturated heterocycles. The van der Waals surface area contributed by atoms with Crippen LogP contribution in [0.3, 0.4) is 0 Å². The van der Waals surface area contributed by atoms with Crippen molar-refractivity contribution in [3.05, 3.63) is 0 Å². The highest BCUT2D eigenvalue weighted by molar-refractivity contribution is 6.47. The maximum absolute atomic E-state index is 13.2. The van der Waals surface area contributed by atoms with Gasteiger partial charge in [-0.05, 0) is 55.8 Å². The summed E-state index contributed by atoms with van der Waals surface area (Å²) < 4.78 is 13.1. The second-order valence-corrected chi connectivity index (χ2v) is 12.8. The molecule has 3 saturated carbocycles. The van der Waals surface area contributed by atoms with Crippen molar-refractivity contribution in [3.63, 3.8) is 0 Å². The third-order valence-electron chi connectivity index (χ3n) is 9.25. The fourth-order valence-corrected chi connectivity index (χ4v) is 6.84. The van der Waals surface area contributed by atoms with Gasteiger partial charge in [0.25, 0.3) is 0 Å². The zero-order chi connectivity index (χ0) is 26.5. The molecule has 214 valence electrons. The van der Waals surface area contributed by atoms with Crippen molar-refractivity contribution in [3.8, 4) is 0 Å². The topological polar surface area (TPSA) is 103 Å². The lowest BCUT2D eigenvalue weighted by Gasteiger charge is -2.64. The van der Waals surface area contributed by atoms with Crippen molar-refractivity contribution in [2.24, 2.45) is 28.9 Å². The molecule has 0 aromatic rings. The third-order valence-corrected chi connectivity index (χ3v) is 9.25. The zero-order valence-corrected chi connectivity index (χ0v) is 25.0. The molecule has 1 heterocycles.